The number of hydrogen-bond acceptors (Lipinski definition) is 2. The number of likely N-dealkylation sites (tertiary alicyclic amines) is 1. The highest BCUT2D eigenvalue weighted by molar-refractivity contribution is 5.87. The van der Waals surface area contributed by atoms with Crippen LogP contribution < -0.4 is 11.1 Å². The lowest BCUT2D eigenvalue weighted by Gasteiger charge is -2.14. The molecule has 1 fully saturated rings. The summed E-state index contributed by atoms with van der Waals surface area (Å²) in [6.07, 6.45) is 2.61. The third-order valence-electron chi connectivity index (χ3n) is 2.83. The normalized spacial score (nSPS) is 16.2. The van der Waals surface area contributed by atoms with E-state index in [0.29, 0.717) is 0 Å². The van der Waals surface area contributed by atoms with Crippen molar-refractivity contribution in [3.8, 4) is 0 Å². The number of carbonyl (C=O) groups excluding carboxylic acids is 1. The lowest BCUT2D eigenvalue weighted by Crippen LogP contribution is -2.20. The molecule has 0 spiro atoms. The summed E-state index contributed by atoms with van der Waals surface area (Å²) in [5.41, 5.74) is 7.06. The van der Waals surface area contributed by atoms with E-state index in [1.54, 1.807) is 0 Å². The van der Waals surface area contributed by atoms with Crippen LogP contribution in [0.25, 0.3) is 0 Å². The molecule has 0 aliphatic carbocycles. The number of anilines is 1. The number of nitrogens with zero attached hydrogens (tertiary/aromatic N) is 1. The number of benzene rings is 1. The lowest BCUT2D eigenvalue weighted by molar-refractivity contribution is 0.259. The van der Waals surface area contributed by atoms with Crippen LogP contribution in [0.2, 0.25) is 0 Å². The van der Waals surface area contributed by atoms with Gasteiger partial charge in [0.1, 0.15) is 0 Å². The number of primary amides is 1. The average Bonchev–Trinajstić information content (AvgIpc) is 2.73. The van der Waals surface area contributed by atoms with E-state index in [1.165, 1.54) is 31.5 Å². The van der Waals surface area contributed by atoms with E-state index in [4.69, 9.17) is 5.73 Å². The number of nitrogens with one attached hydrogen (secondary N) is 1. The van der Waals surface area contributed by atoms with Crippen molar-refractivity contribution in [2.24, 2.45) is 5.73 Å². The summed E-state index contributed by atoms with van der Waals surface area (Å²) in [4.78, 5) is 13.1. The zero-order chi connectivity index (χ0) is 11.4. The van der Waals surface area contributed by atoms with Crippen molar-refractivity contribution < 1.29 is 4.79 Å². The predicted molar refractivity (Wildman–Crippen MR) is 64.2 cm³/mol. The molecule has 1 aromatic rings. The Kier molecular flexibility index (Phi) is 3.41. The Bertz CT molecular complexity index is 355. The summed E-state index contributed by atoms with van der Waals surface area (Å²) < 4.78 is 0. The summed E-state index contributed by atoms with van der Waals surface area (Å²) in [5.74, 6) is 0. The highest BCUT2D eigenvalue weighted by Crippen LogP contribution is 2.14. The number of nitrogens with two attached hydrogens (primary N) is 1. The Balaban J connectivity index is 1.93. The molecule has 86 valence electrons. The Labute approximate surface area is 95.4 Å². The van der Waals surface area contributed by atoms with E-state index in [-0.39, 0.29) is 0 Å². The third kappa shape index (κ3) is 2.97. The van der Waals surface area contributed by atoms with Crippen LogP contribution >= 0.6 is 0 Å². The largest absolute Gasteiger partial charge is 0.351 e. The predicted octanol–water partition coefficient (Wildman–Crippen LogP) is 1.77. The monoisotopic (exact) mass is 219 g/mol. The molecule has 0 aromatic heterocycles. The van der Waals surface area contributed by atoms with Crippen LogP contribution in [-0.4, -0.2) is 24.0 Å². The van der Waals surface area contributed by atoms with E-state index >= 15 is 0 Å². The van der Waals surface area contributed by atoms with Crippen LogP contribution in [0.4, 0.5) is 10.5 Å². The number of rotatable bonds is 3. The van der Waals surface area contributed by atoms with Gasteiger partial charge in [0.2, 0.25) is 0 Å². The second kappa shape index (κ2) is 4.99. The molecular formula is C12H17N3O. The molecule has 0 unspecified atom stereocenters. The molecule has 4 heteroatoms. The molecule has 2 rings (SSSR count). The molecule has 0 atom stereocenters. The fourth-order valence-electron chi connectivity index (χ4n) is 2.03. The van der Waals surface area contributed by atoms with Crippen molar-refractivity contribution in [2.45, 2.75) is 19.4 Å². The fourth-order valence-corrected chi connectivity index (χ4v) is 2.03. The summed E-state index contributed by atoms with van der Waals surface area (Å²) in [5, 5.41) is 2.55. The molecule has 0 saturated carbocycles. The highest BCUT2D eigenvalue weighted by Gasteiger charge is 2.11. The third-order valence-corrected chi connectivity index (χ3v) is 2.83. The van der Waals surface area contributed by atoms with Crippen molar-refractivity contribution in [1.29, 1.82) is 0 Å². The Morgan fingerprint density at radius 1 is 1.25 bits per heavy atom. The van der Waals surface area contributed by atoms with E-state index in [0.717, 1.165) is 12.2 Å². The summed E-state index contributed by atoms with van der Waals surface area (Å²) >= 11 is 0. The standard InChI is InChI=1S/C12H17N3O/c13-12(16)14-11-5-3-10(4-6-11)9-15-7-1-2-8-15/h3-6H,1-2,7-9H2,(H3,13,14,16). The first-order valence-corrected chi connectivity index (χ1v) is 5.62. The van der Waals surface area contributed by atoms with Gasteiger partial charge in [0, 0.05) is 12.2 Å². The topological polar surface area (TPSA) is 58.4 Å². The van der Waals surface area contributed by atoms with Gasteiger partial charge in [-0.25, -0.2) is 4.79 Å². The van der Waals surface area contributed by atoms with Gasteiger partial charge >= 0.3 is 6.03 Å². The second-order valence-corrected chi connectivity index (χ2v) is 4.17. The van der Waals surface area contributed by atoms with Gasteiger partial charge in [0.25, 0.3) is 0 Å². The minimum Gasteiger partial charge on any atom is -0.351 e. The average molecular weight is 219 g/mol. The Morgan fingerprint density at radius 2 is 1.88 bits per heavy atom. The maximum Gasteiger partial charge on any atom is 0.316 e. The number of hydrogen-bond donors (Lipinski definition) is 2. The maximum atomic E-state index is 10.6. The van der Waals surface area contributed by atoms with Crippen LogP contribution in [0.5, 0.6) is 0 Å². The molecule has 1 aliphatic rings. The van der Waals surface area contributed by atoms with E-state index in [1.807, 2.05) is 24.3 Å². The van der Waals surface area contributed by atoms with Gasteiger partial charge in [-0.1, -0.05) is 12.1 Å². The van der Waals surface area contributed by atoms with E-state index in [2.05, 4.69) is 10.2 Å². The van der Waals surface area contributed by atoms with Crippen LogP contribution in [0.1, 0.15) is 18.4 Å². The van der Waals surface area contributed by atoms with Crippen molar-refractivity contribution in [1.82, 2.24) is 4.90 Å². The first-order chi connectivity index (χ1) is 7.74. The van der Waals surface area contributed by atoms with Gasteiger partial charge in [-0.2, -0.15) is 0 Å². The zero-order valence-corrected chi connectivity index (χ0v) is 9.28. The van der Waals surface area contributed by atoms with Gasteiger partial charge < -0.3 is 11.1 Å². The van der Waals surface area contributed by atoms with Gasteiger partial charge in [0.05, 0.1) is 0 Å². The molecule has 1 aliphatic heterocycles. The Hall–Kier alpha value is -1.55. The van der Waals surface area contributed by atoms with Gasteiger partial charge in [-0.15, -0.1) is 0 Å². The van der Waals surface area contributed by atoms with Crippen molar-refractivity contribution in [2.75, 3.05) is 18.4 Å². The Morgan fingerprint density at radius 3 is 2.44 bits per heavy atom. The quantitative estimate of drug-likeness (QED) is 0.814. The molecule has 16 heavy (non-hydrogen) atoms. The van der Waals surface area contributed by atoms with E-state index < -0.39 is 6.03 Å². The van der Waals surface area contributed by atoms with Crippen LogP contribution in [0, 0.1) is 0 Å². The summed E-state index contributed by atoms with van der Waals surface area (Å²) in [6.45, 7) is 3.39. The first-order valence-electron chi connectivity index (χ1n) is 5.62. The fraction of sp³-hybridized carbons (Fsp3) is 0.417. The minimum absolute atomic E-state index is 0.521. The molecule has 0 radical (unpaired) electrons. The zero-order valence-electron chi connectivity index (χ0n) is 9.28. The summed E-state index contributed by atoms with van der Waals surface area (Å²) in [7, 11) is 0. The molecule has 3 N–H and O–H groups in total. The van der Waals surface area contributed by atoms with Crippen molar-refractivity contribution in [3.63, 3.8) is 0 Å². The number of amides is 2. The highest BCUT2D eigenvalue weighted by atomic mass is 16.2. The second-order valence-electron chi connectivity index (χ2n) is 4.17. The number of carbonyl (C=O) groups is 1. The maximum absolute atomic E-state index is 10.6. The van der Waals surface area contributed by atoms with Gasteiger partial charge in [-0.05, 0) is 43.6 Å². The smallest absolute Gasteiger partial charge is 0.316 e. The lowest BCUT2D eigenvalue weighted by atomic mass is 10.2. The van der Waals surface area contributed by atoms with Crippen LogP contribution in [0.3, 0.4) is 0 Å². The molecule has 1 heterocycles. The molecule has 0 bridgehead atoms. The van der Waals surface area contributed by atoms with Crippen molar-refractivity contribution >= 4 is 11.7 Å². The van der Waals surface area contributed by atoms with Crippen LogP contribution in [0.15, 0.2) is 24.3 Å². The van der Waals surface area contributed by atoms with Crippen LogP contribution in [-0.2, 0) is 6.54 Å². The summed E-state index contributed by atoms with van der Waals surface area (Å²) in [6, 6.07) is 7.31. The molecule has 1 aromatic carbocycles. The van der Waals surface area contributed by atoms with Gasteiger partial charge in [-0.3, -0.25) is 4.90 Å². The molecule has 1 saturated heterocycles. The molecular weight excluding hydrogens is 202 g/mol. The minimum atomic E-state index is -0.521. The first kappa shape index (κ1) is 11.0. The molecule has 2 amide bonds. The molecule has 4 nitrogen and oxygen atoms in total. The van der Waals surface area contributed by atoms with E-state index in [9.17, 15) is 4.79 Å². The SMILES string of the molecule is NC(=O)Nc1ccc(CN2CCCC2)cc1. The number of urea groups is 1. The van der Waals surface area contributed by atoms with Crippen molar-refractivity contribution in [3.05, 3.63) is 29.8 Å². The van der Waals surface area contributed by atoms with Gasteiger partial charge in [0.15, 0.2) is 0 Å².